The number of amides is 1. The zero-order chi connectivity index (χ0) is 18.8. The van der Waals surface area contributed by atoms with Crippen LogP contribution in [-0.2, 0) is 11.8 Å². The number of carbonyl (C=O) groups is 2. The fraction of sp³-hybridized carbons (Fsp3) is 0.125. The minimum atomic E-state index is -0.672. The first-order valence-corrected chi connectivity index (χ1v) is 8.00. The van der Waals surface area contributed by atoms with Crippen LogP contribution in [0.4, 0.5) is 5.69 Å². The highest BCUT2D eigenvalue weighted by Gasteiger charge is 2.21. The molecule has 0 radical (unpaired) electrons. The van der Waals surface area contributed by atoms with Gasteiger partial charge in [0.15, 0.2) is 17.1 Å². The molecule has 0 saturated heterocycles. The van der Waals surface area contributed by atoms with E-state index in [0.29, 0.717) is 21.4 Å². The predicted molar refractivity (Wildman–Crippen MR) is 94.5 cm³/mol. The van der Waals surface area contributed by atoms with Crippen molar-refractivity contribution in [2.75, 3.05) is 12.4 Å². The predicted octanol–water partition coefficient (Wildman–Crippen LogP) is 3.42. The number of halogens is 2. The molecular formula is C16H12Cl2N4O4. The first kappa shape index (κ1) is 18.0. The van der Waals surface area contributed by atoms with Crippen molar-refractivity contribution in [3.05, 3.63) is 51.9 Å². The topological polar surface area (TPSA) is 99.2 Å². The van der Waals surface area contributed by atoms with E-state index in [1.54, 1.807) is 25.2 Å². The van der Waals surface area contributed by atoms with Crippen LogP contribution in [0.25, 0.3) is 11.3 Å². The minimum Gasteiger partial charge on any atom is -0.464 e. The van der Waals surface area contributed by atoms with Gasteiger partial charge in [-0.3, -0.25) is 9.48 Å². The molecule has 3 rings (SSSR count). The number of rotatable bonds is 4. The van der Waals surface area contributed by atoms with Gasteiger partial charge in [0.2, 0.25) is 0 Å². The summed E-state index contributed by atoms with van der Waals surface area (Å²) in [7, 11) is 2.83. The number of aromatic nitrogens is 3. The van der Waals surface area contributed by atoms with Gasteiger partial charge in [0.25, 0.3) is 5.91 Å². The van der Waals surface area contributed by atoms with E-state index in [-0.39, 0.29) is 17.1 Å². The highest BCUT2D eigenvalue weighted by Crippen LogP contribution is 2.30. The molecule has 3 aromatic rings. The number of nitrogens with one attached hydrogen (secondary N) is 1. The van der Waals surface area contributed by atoms with E-state index in [0.717, 1.165) is 0 Å². The second-order valence-electron chi connectivity index (χ2n) is 5.21. The van der Waals surface area contributed by atoms with Gasteiger partial charge in [0.1, 0.15) is 0 Å². The summed E-state index contributed by atoms with van der Waals surface area (Å²) in [6.45, 7) is 0. The molecule has 1 aromatic carbocycles. The number of anilines is 1. The summed E-state index contributed by atoms with van der Waals surface area (Å²) in [4.78, 5) is 24.1. The minimum absolute atomic E-state index is 0.00526. The van der Waals surface area contributed by atoms with Crippen molar-refractivity contribution in [3.63, 3.8) is 0 Å². The quantitative estimate of drug-likeness (QED) is 0.680. The van der Waals surface area contributed by atoms with E-state index in [9.17, 15) is 9.59 Å². The van der Waals surface area contributed by atoms with Crippen molar-refractivity contribution in [3.8, 4) is 11.3 Å². The lowest BCUT2D eigenvalue weighted by Crippen LogP contribution is -2.15. The number of hydrogen-bond acceptors (Lipinski definition) is 6. The fourth-order valence-corrected chi connectivity index (χ4v) is 2.71. The van der Waals surface area contributed by atoms with Crippen LogP contribution < -0.4 is 5.32 Å². The third-order valence-electron chi connectivity index (χ3n) is 3.40. The zero-order valence-electron chi connectivity index (χ0n) is 13.6. The molecule has 10 heteroatoms. The van der Waals surface area contributed by atoms with Gasteiger partial charge in [-0.15, -0.1) is 0 Å². The molecule has 0 saturated carbocycles. The van der Waals surface area contributed by atoms with Crippen molar-refractivity contribution in [1.82, 2.24) is 14.9 Å². The Morgan fingerprint density at radius 2 is 2.04 bits per heavy atom. The average molecular weight is 395 g/mol. The molecule has 8 nitrogen and oxygen atoms in total. The molecule has 2 aromatic heterocycles. The summed E-state index contributed by atoms with van der Waals surface area (Å²) in [5, 5.41) is 11.1. The van der Waals surface area contributed by atoms with Crippen molar-refractivity contribution < 1.29 is 18.8 Å². The summed E-state index contributed by atoms with van der Waals surface area (Å²) >= 11 is 12.0. The Morgan fingerprint density at radius 1 is 1.27 bits per heavy atom. The summed E-state index contributed by atoms with van der Waals surface area (Å²) < 4.78 is 11.2. The number of hydrogen-bond donors (Lipinski definition) is 1. The highest BCUT2D eigenvalue weighted by atomic mass is 35.5. The molecule has 0 fully saturated rings. The second-order valence-corrected chi connectivity index (χ2v) is 6.05. The maximum atomic E-state index is 12.4. The number of methoxy groups -OCH3 is 1. The van der Waals surface area contributed by atoms with Gasteiger partial charge < -0.3 is 14.6 Å². The molecule has 0 unspecified atom stereocenters. The van der Waals surface area contributed by atoms with Crippen LogP contribution in [0.1, 0.15) is 21.0 Å². The van der Waals surface area contributed by atoms with Crippen molar-refractivity contribution in [2.24, 2.45) is 7.05 Å². The van der Waals surface area contributed by atoms with Gasteiger partial charge in [-0.25, -0.2) is 4.79 Å². The van der Waals surface area contributed by atoms with Crippen molar-refractivity contribution in [1.29, 1.82) is 0 Å². The van der Waals surface area contributed by atoms with Gasteiger partial charge in [-0.1, -0.05) is 28.4 Å². The van der Waals surface area contributed by atoms with E-state index in [1.807, 2.05) is 0 Å². The number of esters is 1. The molecule has 0 spiro atoms. The van der Waals surface area contributed by atoms with E-state index < -0.39 is 11.9 Å². The average Bonchev–Trinajstić information content (AvgIpc) is 3.21. The van der Waals surface area contributed by atoms with E-state index in [2.05, 4.69) is 20.3 Å². The lowest BCUT2D eigenvalue weighted by Gasteiger charge is -2.01. The highest BCUT2D eigenvalue weighted by molar-refractivity contribution is 6.36. The SMILES string of the molecule is COC(=O)c1nn(C)cc1NC(=O)c1cc(-c2ccc(Cl)cc2Cl)on1. The molecule has 26 heavy (non-hydrogen) atoms. The lowest BCUT2D eigenvalue weighted by atomic mass is 10.1. The summed E-state index contributed by atoms with van der Waals surface area (Å²) in [6.07, 6.45) is 1.47. The van der Waals surface area contributed by atoms with E-state index >= 15 is 0 Å². The molecule has 0 atom stereocenters. The van der Waals surface area contributed by atoms with Gasteiger partial charge in [0.05, 0.1) is 17.8 Å². The largest absolute Gasteiger partial charge is 0.464 e. The van der Waals surface area contributed by atoms with Gasteiger partial charge >= 0.3 is 5.97 Å². The Kier molecular flexibility index (Phi) is 4.97. The number of aryl methyl sites for hydroxylation is 1. The third-order valence-corrected chi connectivity index (χ3v) is 3.94. The molecule has 1 N–H and O–H groups in total. The molecule has 0 bridgehead atoms. The first-order chi connectivity index (χ1) is 12.4. The number of carbonyl (C=O) groups excluding carboxylic acids is 2. The molecule has 0 aliphatic rings. The van der Waals surface area contributed by atoms with E-state index in [1.165, 1.54) is 24.1 Å². The zero-order valence-corrected chi connectivity index (χ0v) is 15.1. The van der Waals surface area contributed by atoms with Gasteiger partial charge in [0, 0.05) is 29.9 Å². The monoisotopic (exact) mass is 394 g/mol. The van der Waals surface area contributed by atoms with Gasteiger partial charge in [-0.05, 0) is 18.2 Å². The van der Waals surface area contributed by atoms with Crippen molar-refractivity contribution >= 4 is 40.8 Å². The summed E-state index contributed by atoms with van der Waals surface area (Å²) in [5.41, 5.74) is 0.719. The van der Waals surface area contributed by atoms with Crippen LogP contribution in [0.5, 0.6) is 0 Å². The molecular weight excluding hydrogens is 383 g/mol. The molecule has 1 amide bonds. The molecule has 0 aliphatic heterocycles. The standard InChI is InChI=1S/C16H12Cl2N4O4/c1-22-7-12(14(20-22)16(24)25-2)19-15(23)11-6-13(26-21-11)9-4-3-8(17)5-10(9)18/h3-7H,1-2H3,(H,19,23). The van der Waals surface area contributed by atoms with E-state index in [4.69, 9.17) is 27.7 Å². The Morgan fingerprint density at radius 3 is 2.73 bits per heavy atom. The first-order valence-electron chi connectivity index (χ1n) is 7.24. The Balaban J connectivity index is 1.84. The number of ether oxygens (including phenoxy) is 1. The van der Waals surface area contributed by atoms with Crippen LogP contribution in [0, 0.1) is 0 Å². The Labute approximate surface area is 157 Å². The normalized spacial score (nSPS) is 10.6. The smallest absolute Gasteiger partial charge is 0.360 e. The van der Waals surface area contributed by atoms with Gasteiger partial charge in [-0.2, -0.15) is 5.10 Å². The maximum absolute atomic E-state index is 12.4. The van der Waals surface area contributed by atoms with Crippen molar-refractivity contribution in [2.45, 2.75) is 0 Å². The Bertz CT molecular complexity index is 996. The molecule has 2 heterocycles. The van der Waals surface area contributed by atoms with Crippen LogP contribution in [0.3, 0.4) is 0 Å². The number of benzene rings is 1. The third kappa shape index (κ3) is 3.56. The summed E-state index contributed by atoms with van der Waals surface area (Å²) in [5.74, 6) is -0.950. The van der Waals surface area contributed by atoms with Crippen LogP contribution in [0.2, 0.25) is 10.0 Å². The fourth-order valence-electron chi connectivity index (χ4n) is 2.21. The van der Waals surface area contributed by atoms with Crippen LogP contribution in [0.15, 0.2) is 35.0 Å². The van der Waals surface area contributed by atoms with Crippen LogP contribution >= 0.6 is 23.2 Å². The second kappa shape index (κ2) is 7.19. The molecule has 134 valence electrons. The summed E-state index contributed by atoms with van der Waals surface area (Å²) in [6, 6.07) is 6.28. The Hall–Kier alpha value is -2.84. The molecule has 0 aliphatic carbocycles. The van der Waals surface area contributed by atoms with Crippen LogP contribution in [-0.4, -0.2) is 33.9 Å². The maximum Gasteiger partial charge on any atom is 0.360 e. The lowest BCUT2D eigenvalue weighted by molar-refractivity contribution is 0.0594. The number of nitrogens with zero attached hydrogens (tertiary/aromatic N) is 3.